The van der Waals surface area contributed by atoms with Crippen LogP contribution in [0.4, 0.5) is 0 Å². The smallest absolute Gasteiger partial charge is 0.345 e. The highest BCUT2D eigenvalue weighted by Gasteiger charge is 2.42. The Morgan fingerprint density at radius 3 is 2.40 bits per heavy atom. The number of esters is 1. The summed E-state index contributed by atoms with van der Waals surface area (Å²) < 4.78 is 4.70. The van der Waals surface area contributed by atoms with Crippen molar-refractivity contribution >= 4 is 11.8 Å². The number of hydrogen-bond donors (Lipinski definition) is 2. The molecular formula is C10H18O5. The summed E-state index contributed by atoms with van der Waals surface area (Å²) >= 11 is 0. The summed E-state index contributed by atoms with van der Waals surface area (Å²) in [6.45, 7) is 4.30. The first-order valence-electron chi connectivity index (χ1n) is 4.96. The molecule has 0 aliphatic rings. The topological polar surface area (TPSA) is 83.8 Å². The predicted molar refractivity (Wildman–Crippen MR) is 53.2 cm³/mol. The number of rotatable bonds is 6. The lowest BCUT2D eigenvalue weighted by molar-refractivity contribution is -0.171. The van der Waals surface area contributed by atoms with E-state index in [0.29, 0.717) is 6.42 Å². The van der Waals surface area contributed by atoms with Crippen molar-refractivity contribution in [3.05, 3.63) is 0 Å². The van der Waals surface area contributed by atoms with E-state index in [4.69, 9.17) is 9.84 Å². The third kappa shape index (κ3) is 3.97. The molecule has 88 valence electrons. The van der Waals surface area contributed by atoms with Gasteiger partial charge in [0.15, 0.2) is 0 Å². The van der Waals surface area contributed by atoms with Gasteiger partial charge in [-0.15, -0.1) is 0 Å². The Morgan fingerprint density at radius 2 is 2.00 bits per heavy atom. The van der Waals surface area contributed by atoms with Crippen LogP contribution in [-0.4, -0.2) is 40.3 Å². The molecule has 0 heterocycles. The Morgan fingerprint density at radius 1 is 1.47 bits per heavy atom. The van der Waals surface area contributed by atoms with Crippen LogP contribution >= 0.6 is 0 Å². The Hall–Kier alpha value is -0.940. The fourth-order valence-corrected chi connectivity index (χ4v) is 0.957. The zero-order valence-electron chi connectivity index (χ0n) is 9.32. The minimum absolute atomic E-state index is 0.165. The van der Waals surface area contributed by atoms with Crippen molar-refractivity contribution in [1.82, 2.24) is 0 Å². The van der Waals surface area contributed by atoms with Crippen molar-refractivity contribution in [1.29, 1.82) is 0 Å². The van der Waals surface area contributed by atoms with E-state index in [9.17, 15) is 14.7 Å². The SMILES string of the molecule is CCCCOC(=O)[C@@](C)(O)C(=O)[C@H](C)O. The van der Waals surface area contributed by atoms with Crippen LogP contribution in [0.1, 0.15) is 33.6 Å². The van der Waals surface area contributed by atoms with Gasteiger partial charge in [-0.1, -0.05) is 13.3 Å². The number of carbonyl (C=O) groups is 2. The number of aliphatic hydroxyl groups excluding tert-OH is 1. The highest BCUT2D eigenvalue weighted by atomic mass is 16.6. The van der Waals surface area contributed by atoms with Gasteiger partial charge in [0.25, 0.3) is 0 Å². The molecule has 0 saturated heterocycles. The number of aliphatic hydroxyl groups is 2. The highest BCUT2D eigenvalue weighted by molar-refractivity contribution is 6.08. The summed E-state index contributed by atoms with van der Waals surface area (Å²) in [5.74, 6) is -1.97. The minimum atomic E-state index is -2.26. The average Bonchev–Trinajstić information content (AvgIpc) is 2.16. The van der Waals surface area contributed by atoms with Gasteiger partial charge in [0.05, 0.1) is 6.61 Å². The molecule has 0 saturated carbocycles. The molecule has 0 radical (unpaired) electrons. The molecule has 2 N–H and O–H groups in total. The van der Waals surface area contributed by atoms with E-state index in [1.54, 1.807) is 0 Å². The Bertz CT molecular complexity index is 232. The first-order valence-corrected chi connectivity index (χ1v) is 4.96. The fraction of sp³-hybridized carbons (Fsp3) is 0.800. The molecule has 5 heteroatoms. The molecule has 0 fully saturated rings. The molecule has 5 nitrogen and oxygen atoms in total. The highest BCUT2D eigenvalue weighted by Crippen LogP contribution is 2.11. The van der Waals surface area contributed by atoms with Crippen molar-refractivity contribution < 1.29 is 24.5 Å². The van der Waals surface area contributed by atoms with Gasteiger partial charge in [0, 0.05) is 0 Å². The average molecular weight is 218 g/mol. The van der Waals surface area contributed by atoms with Gasteiger partial charge in [0.1, 0.15) is 6.10 Å². The molecule has 0 rings (SSSR count). The zero-order chi connectivity index (χ0) is 12.1. The molecule has 0 bridgehead atoms. The summed E-state index contributed by atoms with van der Waals surface area (Å²) in [6.07, 6.45) is 0.128. The molecule has 0 unspecified atom stereocenters. The lowest BCUT2D eigenvalue weighted by Gasteiger charge is -2.21. The van der Waals surface area contributed by atoms with Crippen LogP contribution in [0.15, 0.2) is 0 Å². The first kappa shape index (κ1) is 14.1. The fourth-order valence-electron chi connectivity index (χ4n) is 0.957. The molecule has 0 aliphatic carbocycles. The van der Waals surface area contributed by atoms with Crippen LogP contribution in [0.2, 0.25) is 0 Å². The minimum Gasteiger partial charge on any atom is -0.463 e. The summed E-state index contributed by atoms with van der Waals surface area (Å²) in [6, 6.07) is 0. The van der Waals surface area contributed by atoms with Gasteiger partial charge in [-0.3, -0.25) is 4.79 Å². The number of hydrogen-bond acceptors (Lipinski definition) is 5. The van der Waals surface area contributed by atoms with Crippen molar-refractivity contribution in [2.75, 3.05) is 6.61 Å². The van der Waals surface area contributed by atoms with Crippen LogP contribution in [0.3, 0.4) is 0 Å². The van der Waals surface area contributed by atoms with Gasteiger partial charge in [-0.2, -0.15) is 0 Å². The Balaban J connectivity index is 4.32. The lowest BCUT2D eigenvalue weighted by Crippen LogP contribution is -2.49. The van der Waals surface area contributed by atoms with Crippen molar-refractivity contribution in [2.45, 2.75) is 45.3 Å². The zero-order valence-corrected chi connectivity index (χ0v) is 9.32. The van der Waals surface area contributed by atoms with Crippen LogP contribution in [0.5, 0.6) is 0 Å². The molecule has 0 spiro atoms. The molecule has 0 aliphatic heterocycles. The van der Waals surface area contributed by atoms with E-state index in [0.717, 1.165) is 13.3 Å². The van der Waals surface area contributed by atoms with E-state index in [1.807, 2.05) is 6.92 Å². The standard InChI is InChI=1S/C10H18O5/c1-4-5-6-15-9(13)10(3,14)8(12)7(2)11/h7,11,14H,4-6H2,1-3H3/t7-,10-/m0/s1. The molecule has 0 amide bonds. The maximum absolute atomic E-state index is 11.3. The number of carbonyl (C=O) groups excluding carboxylic acids is 2. The quantitative estimate of drug-likeness (QED) is 0.373. The third-order valence-corrected chi connectivity index (χ3v) is 1.99. The van der Waals surface area contributed by atoms with E-state index in [-0.39, 0.29) is 6.61 Å². The van der Waals surface area contributed by atoms with Crippen molar-refractivity contribution in [3.8, 4) is 0 Å². The second-order valence-electron chi connectivity index (χ2n) is 3.60. The Labute approximate surface area is 89.0 Å². The Kier molecular flexibility index (Phi) is 5.46. The molecule has 0 aromatic rings. The molecule has 0 aromatic heterocycles. The maximum Gasteiger partial charge on any atom is 0.345 e. The van der Waals surface area contributed by atoms with Crippen LogP contribution in [0.25, 0.3) is 0 Å². The van der Waals surface area contributed by atoms with Gasteiger partial charge in [0.2, 0.25) is 11.4 Å². The normalized spacial score (nSPS) is 16.6. The molecular weight excluding hydrogens is 200 g/mol. The second-order valence-corrected chi connectivity index (χ2v) is 3.60. The van der Waals surface area contributed by atoms with Gasteiger partial charge in [-0.25, -0.2) is 4.79 Å². The second kappa shape index (κ2) is 5.82. The number of ether oxygens (including phenoxy) is 1. The summed E-state index contributed by atoms with van der Waals surface area (Å²) in [5.41, 5.74) is -2.26. The van der Waals surface area contributed by atoms with E-state index < -0.39 is 23.5 Å². The summed E-state index contributed by atoms with van der Waals surface area (Å²) in [4.78, 5) is 22.5. The van der Waals surface area contributed by atoms with E-state index >= 15 is 0 Å². The van der Waals surface area contributed by atoms with Crippen molar-refractivity contribution in [3.63, 3.8) is 0 Å². The van der Waals surface area contributed by atoms with E-state index in [2.05, 4.69) is 0 Å². The number of ketones is 1. The van der Waals surface area contributed by atoms with Crippen molar-refractivity contribution in [2.24, 2.45) is 0 Å². The van der Waals surface area contributed by atoms with Gasteiger partial charge in [-0.05, 0) is 20.3 Å². The first-order chi connectivity index (χ1) is 6.84. The summed E-state index contributed by atoms with van der Waals surface area (Å²) in [5, 5.41) is 18.5. The molecule has 0 aromatic carbocycles. The van der Waals surface area contributed by atoms with Crippen LogP contribution in [0, 0.1) is 0 Å². The van der Waals surface area contributed by atoms with Crippen LogP contribution in [-0.2, 0) is 14.3 Å². The lowest BCUT2D eigenvalue weighted by atomic mass is 9.98. The molecule has 2 atom stereocenters. The van der Waals surface area contributed by atoms with Gasteiger partial charge >= 0.3 is 5.97 Å². The monoisotopic (exact) mass is 218 g/mol. The number of Topliss-reactive ketones (excluding diaryl/α,β-unsaturated/α-hetero) is 1. The third-order valence-electron chi connectivity index (χ3n) is 1.99. The predicted octanol–water partition coefficient (Wildman–Crippen LogP) is 0.0306. The largest absolute Gasteiger partial charge is 0.463 e. The maximum atomic E-state index is 11.3. The molecule has 15 heavy (non-hydrogen) atoms. The van der Waals surface area contributed by atoms with Gasteiger partial charge < -0.3 is 14.9 Å². The van der Waals surface area contributed by atoms with E-state index in [1.165, 1.54) is 6.92 Å². The van der Waals surface area contributed by atoms with Crippen LogP contribution < -0.4 is 0 Å². The number of unbranched alkanes of at least 4 members (excludes halogenated alkanes) is 1. The summed E-state index contributed by atoms with van der Waals surface area (Å²) in [7, 11) is 0.